The fraction of sp³-hybridized carbons (Fsp3) is 0.588. The normalized spacial score (nSPS) is 23.9. The zero-order valence-electron chi connectivity index (χ0n) is 12.4. The maximum atomic E-state index is 4.63. The molecule has 0 spiro atoms. The van der Waals surface area contributed by atoms with E-state index in [2.05, 4.69) is 34.3 Å². The van der Waals surface area contributed by atoms with Crippen molar-refractivity contribution in [3.63, 3.8) is 0 Å². The Kier molecular flexibility index (Phi) is 4.36. The molecule has 1 fully saturated rings. The van der Waals surface area contributed by atoms with Gasteiger partial charge >= 0.3 is 0 Å². The average molecular weight is 271 g/mol. The summed E-state index contributed by atoms with van der Waals surface area (Å²) in [6.07, 6.45) is 8.15. The molecule has 1 aromatic carbocycles. The van der Waals surface area contributed by atoms with Gasteiger partial charge in [0.25, 0.3) is 0 Å². The van der Waals surface area contributed by atoms with Crippen LogP contribution in [0, 0.1) is 5.92 Å². The average Bonchev–Trinajstić information content (AvgIpc) is 2.75. The van der Waals surface area contributed by atoms with E-state index < -0.39 is 0 Å². The van der Waals surface area contributed by atoms with E-state index in [4.69, 9.17) is 0 Å². The van der Waals surface area contributed by atoms with Gasteiger partial charge < -0.3 is 10.3 Å². The van der Waals surface area contributed by atoms with Crippen molar-refractivity contribution >= 4 is 11.0 Å². The summed E-state index contributed by atoms with van der Waals surface area (Å²) < 4.78 is 0. The van der Waals surface area contributed by atoms with Crippen LogP contribution in [0.2, 0.25) is 0 Å². The second-order valence-corrected chi connectivity index (χ2v) is 6.06. The van der Waals surface area contributed by atoms with Crippen LogP contribution in [0.15, 0.2) is 24.3 Å². The van der Waals surface area contributed by atoms with Crippen molar-refractivity contribution in [3.8, 4) is 0 Å². The van der Waals surface area contributed by atoms with E-state index in [0.717, 1.165) is 29.3 Å². The number of imidazole rings is 1. The van der Waals surface area contributed by atoms with E-state index in [9.17, 15) is 0 Å². The smallest absolute Gasteiger partial charge is 0.121 e. The molecule has 108 valence electrons. The van der Waals surface area contributed by atoms with Gasteiger partial charge in [-0.1, -0.05) is 38.3 Å². The molecule has 3 rings (SSSR count). The van der Waals surface area contributed by atoms with Crippen LogP contribution in [0.5, 0.6) is 0 Å². The Bertz CT molecular complexity index is 513. The number of benzene rings is 1. The lowest BCUT2D eigenvalue weighted by molar-refractivity contribution is 0.423. The summed E-state index contributed by atoms with van der Waals surface area (Å²) in [5, 5.41) is 3.69. The SMILES string of the molecule is CCC1CCCC(NCc2nc3ccccc3[nH]2)CC1. The van der Waals surface area contributed by atoms with E-state index >= 15 is 0 Å². The van der Waals surface area contributed by atoms with Crippen molar-refractivity contribution in [2.45, 2.75) is 58.0 Å². The Morgan fingerprint density at radius 3 is 2.95 bits per heavy atom. The number of aromatic amines is 1. The molecular weight excluding hydrogens is 246 g/mol. The largest absolute Gasteiger partial charge is 0.341 e. The van der Waals surface area contributed by atoms with Crippen LogP contribution >= 0.6 is 0 Å². The molecule has 1 aromatic heterocycles. The van der Waals surface area contributed by atoms with Gasteiger partial charge in [-0.05, 0) is 37.3 Å². The Morgan fingerprint density at radius 2 is 2.10 bits per heavy atom. The second kappa shape index (κ2) is 6.40. The number of rotatable bonds is 4. The van der Waals surface area contributed by atoms with Crippen LogP contribution in [0.4, 0.5) is 0 Å². The molecule has 20 heavy (non-hydrogen) atoms. The summed E-state index contributed by atoms with van der Waals surface area (Å²) in [5.74, 6) is 2.01. The summed E-state index contributed by atoms with van der Waals surface area (Å²) in [6, 6.07) is 8.90. The number of H-pyrrole nitrogens is 1. The van der Waals surface area contributed by atoms with Crippen LogP contribution in [-0.4, -0.2) is 16.0 Å². The highest BCUT2D eigenvalue weighted by molar-refractivity contribution is 5.74. The lowest BCUT2D eigenvalue weighted by Gasteiger charge is -2.15. The molecule has 1 aliphatic carbocycles. The van der Waals surface area contributed by atoms with Gasteiger partial charge in [-0.3, -0.25) is 0 Å². The minimum atomic E-state index is 0.666. The van der Waals surface area contributed by atoms with Gasteiger partial charge in [0.05, 0.1) is 17.6 Å². The van der Waals surface area contributed by atoms with E-state index in [1.165, 1.54) is 38.5 Å². The van der Waals surface area contributed by atoms with Crippen molar-refractivity contribution in [2.24, 2.45) is 5.92 Å². The molecule has 2 atom stereocenters. The first-order valence-corrected chi connectivity index (χ1v) is 8.02. The number of nitrogens with one attached hydrogen (secondary N) is 2. The topological polar surface area (TPSA) is 40.7 Å². The third kappa shape index (κ3) is 3.21. The molecule has 0 amide bonds. The minimum Gasteiger partial charge on any atom is -0.341 e. The van der Waals surface area contributed by atoms with Crippen molar-refractivity contribution in [2.75, 3.05) is 0 Å². The Hall–Kier alpha value is -1.35. The molecule has 2 unspecified atom stereocenters. The Labute approximate surface area is 121 Å². The maximum absolute atomic E-state index is 4.63. The zero-order valence-corrected chi connectivity index (χ0v) is 12.4. The van der Waals surface area contributed by atoms with E-state index in [0.29, 0.717) is 6.04 Å². The van der Waals surface area contributed by atoms with Crippen LogP contribution in [0.25, 0.3) is 11.0 Å². The van der Waals surface area contributed by atoms with Crippen molar-refractivity contribution in [1.29, 1.82) is 0 Å². The van der Waals surface area contributed by atoms with Crippen molar-refractivity contribution in [3.05, 3.63) is 30.1 Å². The predicted molar refractivity (Wildman–Crippen MR) is 83.6 cm³/mol. The molecule has 1 saturated carbocycles. The van der Waals surface area contributed by atoms with E-state index in [1.54, 1.807) is 0 Å². The first kappa shape index (κ1) is 13.6. The summed E-state index contributed by atoms with van der Waals surface area (Å²) >= 11 is 0. The van der Waals surface area contributed by atoms with E-state index in [1.807, 2.05) is 12.1 Å². The van der Waals surface area contributed by atoms with Gasteiger partial charge in [0.2, 0.25) is 0 Å². The number of hydrogen-bond donors (Lipinski definition) is 2. The van der Waals surface area contributed by atoms with Gasteiger partial charge in [-0.2, -0.15) is 0 Å². The van der Waals surface area contributed by atoms with Gasteiger partial charge in [0, 0.05) is 6.04 Å². The molecule has 3 heteroatoms. The summed E-state index contributed by atoms with van der Waals surface area (Å²) in [6.45, 7) is 3.18. The second-order valence-electron chi connectivity index (χ2n) is 6.06. The fourth-order valence-corrected chi connectivity index (χ4v) is 3.32. The van der Waals surface area contributed by atoms with Gasteiger partial charge in [0.15, 0.2) is 0 Å². The fourth-order valence-electron chi connectivity index (χ4n) is 3.32. The quantitative estimate of drug-likeness (QED) is 0.825. The molecule has 0 aliphatic heterocycles. The van der Waals surface area contributed by atoms with Crippen LogP contribution in [-0.2, 0) is 6.54 Å². The molecule has 0 saturated heterocycles. The highest BCUT2D eigenvalue weighted by atomic mass is 15.0. The number of para-hydroxylation sites is 2. The molecule has 0 radical (unpaired) electrons. The summed E-state index contributed by atoms with van der Waals surface area (Å²) in [7, 11) is 0. The number of fused-ring (bicyclic) bond motifs is 1. The molecule has 3 nitrogen and oxygen atoms in total. The van der Waals surface area contributed by atoms with Gasteiger partial charge in [-0.15, -0.1) is 0 Å². The molecule has 0 bridgehead atoms. The third-order valence-electron chi connectivity index (χ3n) is 4.66. The summed E-state index contributed by atoms with van der Waals surface area (Å²) in [5.41, 5.74) is 2.20. The molecule has 2 N–H and O–H groups in total. The summed E-state index contributed by atoms with van der Waals surface area (Å²) in [4.78, 5) is 8.03. The van der Waals surface area contributed by atoms with Crippen molar-refractivity contribution in [1.82, 2.24) is 15.3 Å². The maximum Gasteiger partial charge on any atom is 0.121 e. The monoisotopic (exact) mass is 271 g/mol. The first-order valence-electron chi connectivity index (χ1n) is 8.02. The molecular formula is C17H25N3. The van der Waals surface area contributed by atoms with Crippen molar-refractivity contribution < 1.29 is 0 Å². The molecule has 1 heterocycles. The minimum absolute atomic E-state index is 0.666. The number of nitrogens with zero attached hydrogens (tertiary/aromatic N) is 1. The van der Waals surface area contributed by atoms with Crippen LogP contribution < -0.4 is 5.32 Å². The van der Waals surface area contributed by atoms with E-state index in [-0.39, 0.29) is 0 Å². The lowest BCUT2D eigenvalue weighted by Crippen LogP contribution is -2.28. The van der Waals surface area contributed by atoms with Gasteiger partial charge in [0.1, 0.15) is 5.82 Å². The standard InChI is InChI=1S/C17H25N3/c1-2-13-6-5-7-14(11-10-13)18-12-17-19-15-8-3-4-9-16(15)20-17/h3-4,8-9,13-14,18H,2,5-7,10-12H2,1H3,(H,19,20). The molecule has 1 aliphatic rings. The zero-order chi connectivity index (χ0) is 13.8. The first-order chi connectivity index (χ1) is 9.85. The number of aromatic nitrogens is 2. The van der Waals surface area contributed by atoms with Gasteiger partial charge in [-0.25, -0.2) is 4.98 Å². The predicted octanol–water partition coefficient (Wildman–Crippen LogP) is 4.01. The lowest BCUT2D eigenvalue weighted by atomic mass is 9.98. The Morgan fingerprint density at radius 1 is 1.20 bits per heavy atom. The number of hydrogen-bond acceptors (Lipinski definition) is 2. The van der Waals surface area contributed by atoms with Crippen LogP contribution in [0.1, 0.15) is 51.3 Å². The Balaban J connectivity index is 1.56. The van der Waals surface area contributed by atoms with Crippen LogP contribution in [0.3, 0.4) is 0 Å². The highest BCUT2D eigenvalue weighted by Gasteiger charge is 2.17. The third-order valence-corrected chi connectivity index (χ3v) is 4.66. The molecule has 2 aromatic rings. The highest BCUT2D eigenvalue weighted by Crippen LogP contribution is 2.25.